The molecule has 1 aliphatic rings. The number of halogens is 1. The highest BCUT2D eigenvalue weighted by Crippen LogP contribution is 2.40. The summed E-state index contributed by atoms with van der Waals surface area (Å²) < 4.78 is 15.2. The second-order valence-electron chi connectivity index (χ2n) is 6.94. The van der Waals surface area contributed by atoms with E-state index in [9.17, 15) is 9.18 Å². The molecule has 3 aromatic rings. The lowest BCUT2D eigenvalue weighted by Gasteiger charge is -2.14. The minimum atomic E-state index is -0.365. The topological polar surface area (TPSA) is 59.8 Å². The molecule has 1 heterocycles. The maximum Gasteiger partial charge on any atom is 0.237 e. The van der Waals surface area contributed by atoms with Gasteiger partial charge >= 0.3 is 0 Å². The number of thioether (sulfide) groups is 1. The zero-order valence-corrected chi connectivity index (χ0v) is 16.3. The van der Waals surface area contributed by atoms with Crippen molar-refractivity contribution >= 4 is 23.4 Å². The van der Waals surface area contributed by atoms with Gasteiger partial charge < -0.3 is 9.88 Å². The second kappa shape index (κ2) is 8.14. The molecular formula is C21H21FN4OS. The Bertz CT molecular complexity index is 954. The van der Waals surface area contributed by atoms with Crippen LogP contribution in [-0.2, 0) is 11.3 Å². The zero-order chi connectivity index (χ0) is 19.5. The molecule has 0 unspecified atom stereocenters. The Hall–Kier alpha value is -2.67. The van der Waals surface area contributed by atoms with Gasteiger partial charge in [0.2, 0.25) is 5.91 Å². The SMILES string of the molecule is C[C@H](Sc1nnc(C2CC2)n1Cc1ccccc1)C(=O)Nc1ccc(F)cc1. The van der Waals surface area contributed by atoms with Crippen LogP contribution in [-0.4, -0.2) is 25.9 Å². The molecule has 2 aromatic carbocycles. The minimum Gasteiger partial charge on any atom is -0.325 e. The molecule has 1 aromatic heterocycles. The van der Waals surface area contributed by atoms with E-state index >= 15 is 0 Å². The Balaban J connectivity index is 1.49. The summed E-state index contributed by atoms with van der Waals surface area (Å²) in [6, 6.07) is 15.9. The number of carbonyl (C=O) groups is 1. The molecule has 1 N–H and O–H groups in total. The summed E-state index contributed by atoms with van der Waals surface area (Å²) in [5.74, 6) is 0.979. The van der Waals surface area contributed by atoms with E-state index in [1.807, 2.05) is 25.1 Å². The zero-order valence-electron chi connectivity index (χ0n) is 15.5. The maximum absolute atomic E-state index is 13.0. The molecule has 1 fully saturated rings. The van der Waals surface area contributed by atoms with Crippen LogP contribution in [0, 0.1) is 5.82 Å². The van der Waals surface area contributed by atoms with Crippen molar-refractivity contribution in [3.8, 4) is 0 Å². The first-order valence-electron chi connectivity index (χ1n) is 9.30. The number of nitrogens with one attached hydrogen (secondary N) is 1. The fourth-order valence-electron chi connectivity index (χ4n) is 2.93. The van der Waals surface area contributed by atoms with Gasteiger partial charge in [-0.1, -0.05) is 42.1 Å². The third kappa shape index (κ3) is 4.42. The van der Waals surface area contributed by atoms with Crippen molar-refractivity contribution < 1.29 is 9.18 Å². The lowest BCUT2D eigenvalue weighted by Crippen LogP contribution is -2.23. The van der Waals surface area contributed by atoms with Crippen molar-refractivity contribution in [2.75, 3.05) is 5.32 Å². The van der Waals surface area contributed by atoms with Gasteiger partial charge in [-0.3, -0.25) is 4.79 Å². The van der Waals surface area contributed by atoms with Gasteiger partial charge in [-0.2, -0.15) is 0 Å². The van der Waals surface area contributed by atoms with Crippen molar-refractivity contribution in [1.29, 1.82) is 0 Å². The molecule has 0 spiro atoms. The second-order valence-corrected chi connectivity index (χ2v) is 8.25. The van der Waals surface area contributed by atoms with Crippen LogP contribution in [0.5, 0.6) is 0 Å². The summed E-state index contributed by atoms with van der Waals surface area (Å²) in [6.07, 6.45) is 2.27. The molecular weight excluding hydrogens is 375 g/mol. The molecule has 4 rings (SSSR count). The van der Waals surface area contributed by atoms with Crippen molar-refractivity contribution in [2.24, 2.45) is 0 Å². The predicted octanol–water partition coefficient (Wildman–Crippen LogP) is 4.46. The number of hydrogen-bond acceptors (Lipinski definition) is 4. The summed E-state index contributed by atoms with van der Waals surface area (Å²) in [4.78, 5) is 12.5. The van der Waals surface area contributed by atoms with E-state index in [-0.39, 0.29) is 17.0 Å². The molecule has 7 heteroatoms. The molecule has 0 aliphatic heterocycles. The van der Waals surface area contributed by atoms with E-state index in [0.717, 1.165) is 23.8 Å². The van der Waals surface area contributed by atoms with Gasteiger partial charge in [0.05, 0.1) is 11.8 Å². The number of rotatable bonds is 7. The number of carbonyl (C=O) groups excluding carboxylic acids is 1. The largest absolute Gasteiger partial charge is 0.325 e. The van der Waals surface area contributed by atoms with Crippen molar-refractivity contribution in [3.05, 3.63) is 71.8 Å². The quantitative estimate of drug-likeness (QED) is 0.599. The highest BCUT2D eigenvalue weighted by atomic mass is 32.2. The molecule has 5 nitrogen and oxygen atoms in total. The van der Waals surface area contributed by atoms with E-state index in [0.29, 0.717) is 18.2 Å². The fourth-order valence-corrected chi connectivity index (χ4v) is 3.79. The van der Waals surface area contributed by atoms with E-state index in [1.54, 1.807) is 12.1 Å². The van der Waals surface area contributed by atoms with Gasteiger partial charge in [0.1, 0.15) is 11.6 Å². The van der Waals surface area contributed by atoms with E-state index < -0.39 is 0 Å². The molecule has 0 bridgehead atoms. The summed E-state index contributed by atoms with van der Waals surface area (Å²) in [6.45, 7) is 2.52. The van der Waals surface area contributed by atoms with Gasteiger partial charge in [0.15, 0.2) is 5.16 Å². The van der Waals surface area contributed by atoms with Crippen molar-refractivity contribution in [3.63, 3.8) is 0 Å². The van der Waals surface area contributed by atoms with Gasteiger partial charge in [-0.05, 0) is 49.6 Å². The van der Waals surface area contributed by atoms with Crippen molar-refractivity contribution in [2.45, 2.75) is 42.6 Å². The van der Waals surface area contributed by atoms with E-state index in [1.165, 1.54) is 29.5 Å². The molecule has 1 aliphatic carbocycles. The van der Waals surface area contributed by atoms with Gasteiger partial charge in [-0.15, -0.1) is 10.2 Å². The lowest BCUT2D eigenvalue weighted by atomic mass is 10.2. The van der Waals surface area contributed by atoms with Crippen LogP contribution >= 0.6 is 11.8 Å². The van der Waals surface area contributed by atoms with E-state index in [4.69, 9.17) is 0 Å². The molecule has 144 valence electrons. The Morgan fingerprint density at radius 3 is 2.57 bits per heavy atom. The summed E-state index contributed by atoms with van der Waals surface area (Å²) in [5.41, 5.74) is 1.75. The van der Waals surface area contributed by atoms with Crippen LogP contribution in [0.15, 0.2) is 59.8 Å². The first-order chi connectivity index (χ1) is 13.6. The van der Waals surface area contributed by atoms with Gasteiger partial charge in [-0.25, -0.2) is 4.39 Å². The fraction of sp³-hybridized carbons (Fsp3) is 0.286. The minimum absolute atomic E-state index is 0.154. The number of aromatic nitrogens is 3. The molecule has 0 saturated heterocycles. The number of amides is 1. The number of nitrogens with zero attached hydrogens (tertiary/aromatic N) is 3. The highest BCUT2D eigenvalue weighted by molar-refractivity contribution is 8.00. The smallest absolute Gasteiger partial charge is 0.237 e. The first-order valence-corrected chi connectivity index (χ1v) is 10.2. The number of benzene rings is 2. The van der Waals surface area contributed by atoms with Crippen LogP contribution in [0.25, 0.3) is 0 Å². The average molecular weight is 396 g/mol. The lowest BCUT2D eigenvalue weighted by molar-refractivity contribution is -0.115. The standard InChI is InChI=1S/C21H21FN4OS/c1-14(20(27)23-18-11-9-17(22)10-12-18)28-21-25-24-19(16-7-8-16)26(21)13-15-5-3-2-4-6-15/h2-6,9-12,14,16H,7-8,13H2,1H3,(H,23,27)/t14-/m0/s1. The number of anilines is 1. The normalized spacial score (nSPS) is 14.6. The van der Waals surface area contributed by atoms with Gasteiger partial charge in [0, 0.05) is 11.6 Å². The molecule has 0 radical (unpaired) electrons. The Morgan fingerprint density at radius 1 is 1.18 bits per heavy atom. The summed E-state index contributed by atoms with van der Waals surface area (Å²) >= 11 is 1.39. The predicted molar refractivity (Wildman–Crippen MR) is 108 cm³/mol. The maximum atomic E-state index is 13.0. The van der Waals surface area contributed by atoms with E-state index in [2.05, 4.69) is 32.2 Å². The average Bonchev–Trinajstić information content (AvgIpc) is 3.48. The van der Waals surface area contributed by atoms with Crippen LogP contribution in [0.4, 0.5) is 10.1 Å². The Labute approximate surface area is 167 Å². The third-order valence-corrected chi connectivity index (χ3v) is 5.72. The molecule has 1 saturated carbocycles. The number of hydrogen-bond donors (Lipinski definition) is 1. The molecule has 1 atom stereocenters. The Morgan fingerprint density at radius 2 is 1.89 bits per heavy atom. The van der Waals surface area contributed by atoms with Crippen LogP contribution in [0.1, 0.15) is 37.1 Å². The van der Waals surface area contributed by atoms with Crippen LogP contribution in [0.2, 0.25) is 0 Å². The summed E-state index contributed by atoms with van der Waals surface area (Å²) in [7, 11) is 0. The summed E-state index contributed by atoms with van der Waals surface area (Å²) in [5, 5.41) is 12.0. The third-order valence-electron chi connectivity index (χ3n) is 4.63. The monoisotopic (exact) mass is 396 g/mol. The molecule has 1 amide bonds. The van der Waals surface area contributed by atoms with Crippen LogP contribution in [0.3, 0.4) is 0 Å². The first kappa shape index (κ1) is 18.7. The highest BCUT2D eigenvalue weighted by Gasteiger charge is 2.31. The molecule has 28 heavy (non-hydrogen) atoms. The Kier molecular flexibility index (Phi) is 5.43. The van der Waals surface area contributed by atoms with Gasteiger partial charge in [0.25, 0.3) is 0 Å². The van der Waals surface area contributed by atoms with Crippen molar-refractivity contribution in [1.82, 2.24) is 14.8 Å². The van der Waals surface area contributed by atoms with Crippen LogP contribution < -0.4 is 5.32 Å².